The van der Waals surface area contributed by atoms with Crippen LogP contribution in [0.3, 0.4) is 0 Å². The molecule has 1 N–H and O–H groups in total. The van der Waals surface area contributed by atoms with Crippen molar-refractivity contribution in [1.82, 2.24) is 10.3 Å². The third-order valence-corrected chi connectivity index (χ3v) is 3.99. The third-order valence-electron chi connectivity index (χ3n) is 3.56. The van der Waals surface area contributed by atoms with Crippen LogP contribution in [-0.4, -0.2) is 18.6 Å². The zero-order valence-electron chi connectivity index (χ0n) is 9.80. The average molecular weight is 283 g/mol. The smallest absolute Gasteiger partial charge is 0.0410 e. The Morgan fingerprint density at radius 3 is 2.75 bits per heavy atom. The minimum absolute atomic E-state index is 0.469. The quantitative estimate of drug-likeness (QED) is 0.918. The van der Waals surface area contributed by atoms with E-state index in [0.717, 1.165) is 17.4 Å². The fraction of sp³-hybridized carbons (Fsp3) is 0.615. The molecular formula is C13H19BrN2. The molecule has 1 aromatic heterocycles. The molecule has 0 radical (unpaired) electrons. The highest BCUT2D eigenvalue weighted by Crippen LogP contribution is 2.40. The van der Waals surface area contributed by atoms with Gasteiger partial charge in [0.25, 0.3) is 0 Å². The molecule has 0 spiro atoms. The summed E-state index contributed by atoms with van der Waals surface area (Å²) in [7, 11) is 2.05. The first kappa shape index (κ1) is 12.1. The van der Waals surface area contributed by atoms with Gasteiger partial charge in [-0.1, -0.05) is 12.8 Å². The van der Waals surface area contributed by atoms with Crippen LogP contribution in [-0.2, 0) is 6.42 Å². The van der Waals surface area contributed by atoms with Gasteiger partial charge in [0, 0.05) is 23.4 Å². The van der Waals surface area contributed by atoms with Crippen LogP contribution in [0.15, 0.2) is 22.9 Å². The maximum absolute atomic E-state index is 4.25. The summed E-state index contributed by atoms with van der Waals surface area (Å²) in [5.74, 6) is 0. The predicted octanol–water partition coefficient (Wildman–Crippen LogP) is 3.17. The van der Waals surface area contributed by atoms with E-state index in [1.54, 1.807) is 0 Å². The molecular weight excluding hydrogens is 264 g/mol. The van der Waals surface area contributed by atoms with Crippen LogP contribution in [0.4, 0.5) is 0 Å². The average Bonchev–Trinajstić information content (AvgIpc) is 2.67. The minimum Gasteiger partial charge on any atom is -0.319 e. The Labute approximate surface area is 106 Å². The third kappa shape index (κ3) is 2.83. The highest BCUT2D eigenvalue weighted by Gasteiger charge is 2.33. The molecule has 1 aromatic rings. The van der Waals surface area contributed by atoms with Crippen LogP contribution in [0.25, 0.3) is 0 Å². The Kier molecular flexibility index (Phi) is 3.98. The zero-order valence-corrected chi connectivity index (χ0v) is 11.4. The van der Waals surface area contributed by atoms with Gasteiger partial charge in [-0.05, 0) is 59.3 Å². The van der Waals surface area contributed by atoms with Crippen molar-refractivity contribution in [1.29, 1.82) is 0 Å². The number of hydrogen-bond acceptors (Lipinski definition) is 2. The summed E-state index contributed by atoms with van der Waals surface area (Å²) in [5.41, 5.74) is 1.82. The van der Waals surface area contributed by atoms with E-state index in [9.17, 15) is 0 Å². The number of rotatable bonds is 4. The van der Waals surface area contributed by atoms with E-state index in [0.29, 0.717) is 5.41 Å². The van der Waals surface area contributed by atoms with Crippen LogP contribution >= 0.6 is 15.9 Å². The second-order valence-corrected chi connectivity index (χ2v) is 5.84. The fourth-order valence-corrected chi connectivity index (χ4v) is 3.31. The first-order valence-corrected chi connectivity index (χ1v) is 6.77. The van der Waals surface area contributed by atoms with Gasteiger partial charge in [-0.25, -0.2) is 0 Å². The SMILES string of the molecule is CNCC1(Cc2cncc(Br)c2)CCCC1. The number of nitrogens with one attached hydrogen (secondary N) is 1. The van der Waals surface area contributed by atoms with Gasteiger partial charge in [0.15, 0.2) is 0 Å². The largest absolute Gasteiger partial charge is 0.319 e. The summed E-state index contributed by atoms with van der Waals surface area (Å²) in [5, 5.41) is 3.35. The molecule has 1 saturated carbocycles. The number of aromatic nitrogens is 1. The van der Waals surface area contributed by atoms with Crippen molar-refractivity contribution >= 4 is 15.9 Å². The summed E-state index contributed by atoms with van der Waals surface area (Å²) in [4.78, 5) is 4.25. The summed E-state index contributed by atoms with van der Waals surface area (Å²) < 4.78 is 1.09. The molecule has 1 aliphatic carbocycles. The molecule has 1 aliphatic rings. The molecule has 0 unspecified atom stereocenters. The molecule has 3 heteroatoms. The monoisotopic (exact) mass is 282 g/mol. The van der Waals surface area contributed by atoms with E-state index in [4.69, 9.17) is 0 Å². The Bertz CT molecular complexity index is 346. The number of pyridine rings is 1. The zero-order chi connectivity index (χ0) is 11.4. The van der Waals surface area contributed by atoms with E-state index in [2.05, 4.69) is 39.3 Å². The maximum atomic E-state index is 4.25. The van der Waals surface area contributed by atoms with E-state index in [1.165, 1.54) is 31.2 Å². The van der Waals surface area contributed by atoms with Crippen molar-refractivity contribution in [3.63, 3.8) is 0 Å². The van der Waals surface area contributed by atoms with Crippen molar-refractivity contribution in [2.24, 2.45) is 5.41 Å². The maximum Gasteiger partial charge on any atom is 0.0410 e. The molecule has 0 aliphatic heterocycles. The van der Waals surface area contributed by atoms with Gasteiger partial charge < -0.3 is 5.32 Å². The van der Waals surface area contributed by atoms with Crippen LogP contribution in [0, 0.1) is 5.41 Å². The summed E-state index contributed by atoms with van der Waals surface area (Å²) in [6, 6.07) is 2.20. The molecule has 16 heavy (non-hydrogen) atoms. The van der Waals surface area contributed by atoms with Gasteiger partial charge in [-0.15, -0.1) is 0 Å². The van der Waals surface area contributed by atoms with Gasteiger partial charge in [-0.2, -0.15) is 0 Å². The predicted molar refractivity (Wildman–Crippen MR) is 70.5 cm³/mol. The summed E-state index contributed by atoms with van der Waals surface area (Å²) >= 11 is 3.49. The van der Waals surface area contributed by atoms with Gasteiger partial charge in [0.1, 0.15) is 0 Å². The standard InChI is InChI=1S/C13H19BrN2/c1-15-10-13(4-2-3-5-13)7-11-6-12(14)9-16-8-11/h6,8-9,15H,2-5,7,10H2,1H3. The Hall–Kier alpha value is -0.410. The second-order valence-electron chi connectivity index (χ2n) is 4.93. The van der Waals surface area contributed by atoms with Gasteiger partial charge in [0.05, 0.1) is 0 Å². The molecule has 0 atom stereocenters. The number of nitrogens with zero attached hydrogens (tertiary/aromatic N) is 1. The van der Waals surface area contributed by atoms with Gasteiger partial charge in [0.2, 0.25) is 0 Å². The lowest BCUT2D eigenvalue weighted by atomic mass is 9.80. The molecule has 0 bridgehead atoms. The number of halogens is 1. The summed E-state index contributed by atoms with van der Waals surface area (Å²) in [6.07, 6.45) is 10.5. The Balaban J connectivity index is 2.11. The Morgan fingerprint density at radius 1 is 1.38 bits per heavy atom. The molecule has 2 rings (SSSR count). The molecule has 1 fully saturated rings. The van der Waals surface area contributed by atoms with Crippen molar-refractivity contribution in [3.8, 4) is 0 Å². The molecule has 0 aromatic carbocycles. The lowest BCUT2D eigenvalue weighted by Gasteiger charge is -2.28. The van der Waals surface area contributed by atoms with E-state index >= 15 is 0 Å². The van der Waals surface area contributed by atoms with E-state index < -0.39 is 0 Å². The molecule has 2 nitrogen and oxygen atoms in total. The number of hydrogen-bond donors (Lipinski definition) is 1. The van der Waals surface area contributed by atoms with Crippen molar-refractivity contribution in [2.45, 2.75) is 32.1 Å². The van der Waals surface area contributed by atoms with Crippen LogP contribution in [0.2, 0.25) is 0 Å². The molecule has 0 saturated heterocycles. The van der Waals surface area contributed by atoms with Gasteiger partial charge >= 0.3 is 0 Å². The fourth-order valence-electron chi connectivity index (χ4n) is 2.90. The van der Waals surface area contributed by atoms with Crippen molar-refractivity contribution in [2.75, 3.05) is 13.6 Å². The normalized spacial score (nSPS) is 18.9. The highest BCUT2D eigenvalue weighted by molar-refractivity contribution is 9.10. The first-order valence-electron chi connectivity index (χ1n) is 5.98. The topological polar surface area (TPSA) is 24.9 Å². The van der Waals surface area contributed by atoms with E-state index in [-0.39, 0.29) is 0 Å². The Morgan fingerprint density at radius 2 is 2.12 bits per heavy atom. The van der Waals surface area contributed by atoms with Gasteiger partial charge in [-0.3, -0.25) is 4.98 Å². The minimum atomic E-state index is 0.469. The molecule has 0 amide bonds. The van der Waals surface area contributed by atoms with Crippen molar-refractivity contribution in [3.05, 3.63) is 28.5 Å². The van der Waals surface area contributed by atoms with E-state index in [1.807, 2.05) is 12.4 Å². The highest BCUT2D eigenvalue weighted by atomic mass is 79.9. The molecule has 1 heterocycles. The van der Waals surface area contributed by atoms with Crippen LogP contribution < -0.4 is 5.32 Å². The summed E-state index contributed by atoms with van der Waals surface area (Å²) in [6.45, 7) is 1.12. The van der Waals surface area contributed by atoms with Crippen LogP contribution in [0.1, 0.15) is 31.2 Å². The molecule has 88 valence electrons. The van der Waals surface area contributed by atoms with Crippen molar-refractivity contribution < 1.29 is 0 Å². The first-order chi connectivity index (χ1) is 7.74. The second kappa shape index (κ2) is 5.28. The van der Waals surface area contributed by atoms with Crippen LogP contribution in [0.5, 0.6) is 0 Å². The lowest BCUT2D eigenvalue weighted by Crippen LogP contribution is -2.32. The lowest BCUT2D eigenvalue weighted by molar-refractivity contribution is 0.285.